The van der Waals surface area contributed by atoms with Gasteiger partial charge in [0.2, 0.25) is 5.91 Å². The molecule has 2 atom stereocenters. The molecule has 2 aliphatic heterocycles. The number of rotatable bonds is 3. The minimum Gasteiger partial charge on any atom is -0.273 e. The molecule has 1 amide bonds. The number of fused-ring (bicyclic) bond motifs is 1. The molecule has 0 aromatic heterocycles. The number of nitriles is 1. The number of amides is 1. The minimum absolute atomic E-state index is 0.147. The summed E-state index contributed by atoms with van der Waals surface area (Å²) in [5.41, 5.74) is 0.726. The number of hydrogen-bond donors (Lipinski definition) is 0. The predicted octanol–water partition coefficient (Wildman–Crippen LogP) is 3.01. The van der Waals surface area contributed by atoms with Gasteiger partial charge in [-0.1, -0.05) is 12.8 Å². The quantitative estimate of drug-likeness (QED) is 0.862. The van der Waals surface area contributed by atoms with Crippen LogP contribution in [0.15, 0.2) is 18.2 Å². The van der Waals surface area contributed by atoms with E-state index in [4.69, 9.17) is 5.26 Å². The Balaban J connectivity index is 1.63. The average Bonchev–Trinajstić information content (AvgIpc) is 3.16. The Hall–Kier alpha value is -1.93. The lowest BCUT2D eigenvalue weighted by molar-refractivity contribution is -0.143. The smallest absolute Gasteiger partial charge is 0.244 e. The fourth-order valence-electron chi connectivity index (χ4n) is 4.16. The van der Waals surface area contributed by atoms with E-state index < -0.39 is 5.82 Å². The van der Waals surface area contributed by atoms with Crippen molar-refractivity contribution in [1.82, 2.24) is 10.0 Å². The normalized spacial score (nSPS) is 30.6. The molecule has 1 aliphatic carbocycles. The molecule has 3 aliphatic rings. The maximum Gasteiger partial charge on any atom is 0.244 e. The van der Waals surface area contributed by atoms with Crippen LogP contribution >= 0.6 is 0 Å². The van der Waals surface area contributed by atoms with Crippen molar-refractivity contribution in [3.8, 4) is 6.07 Å². The van der Waals surface area contributed by atoms with E-state index in [-0.39, 0.29) is 17.4 Å². The molecule has 0 radical (unpaired) electrons. The molecule has 2 heterocycles. The first kappa shape index (κ1) is 14.6. The number of carbonyl (C=O) groups excluding carboxylic acids is 1. The number of halogens is 1. The largest absolute Gasteiger partial charge is 0.273 e. The Morgan fingerprint density at radius 1 is 1.35 bits per heavy atom. The van der Waals surface area contributed by atoms with Gasteiger partial charge in [0.05, 0.1) is 23.1 Å². The zero-order valence-electron chi connectivity index (χ0n) is 13.3. The maximum atomic E-state index is 13.8. The molecule has 23 heavy (non-hydrogen) atoms. The summed E-state index contributed by atoms with van der Waals surface area (Å²) in [6, 6.07) is 6.25. The highest BCUT2D eigenvalue weighted by molar-refractivity contribution is 5.85. The zero-order chi connectivity index (χ0) is 16.2. The molecule has 2 saturated heterocycles. The lowest BCUT2D eigenvalue weighted by Crippen LogP contribution is -2.36. The van der Waals surface area contributed by atoms with Crippen molar-refractivity contribution in [1.29, 1.82) is 5.26 Å². The molecule has 1 aromatic carbocycles. The lowest BCUT2D eigenvalue weighted by atomic mass is 9.84. The van der Waals surface area contributed by atoms with Crippen LogP contribution in [0.3, 0.4) is 0 Å². The van der Waals surface area contributed by atoms with Gasteiger partial charge in [-0.3, -0.25) is 9.80 Å². The van der Waals surface area contributed by atoms with Crippen LogP contribution in [0.1, 0.15) is 49.8 Å². The van der Waals surface area contributed by atoms with E-state index in [1.165, 1.54) is 25.0 Å². The standard InChI is InChI=1S/C18H20FN3O/c1-18(9-12-2-3-12)11-21-5-4-16(22(21)17(18)23)14-6-13(10-20)7-15(19)8-14/h6-8,12,16H,2-5,9,11H2,1H3. The van der Waals surface area contributed by atoms with Crippen LogP contribution in [-0.2, 0) is 4.79 Å². The van der Waals surface area contributed by atoms with Gasteiger partial charge in [-0.15, -0.1) is 0 Å². The molecule has 1 saturated carbocycles. The number of carbonyl (C=O) groups is 1. The highest BCUT2D eigenvalue weighted by Crippen LogP contribution is 2.48. The van der Waals surface area contributed by atoms with Crippen LogP contribution in [0.4, 0.5) is 4.39 Å². The Kier molecular flexibility index (Phi) is 3.21. The van der Waals surface area contributed by atoms with Gasteiger partial charge in [-0.25, -0.2) is 9.40 Å². The Morgan fingerprint density at radius 2 is 2.13 bits per heavy atom. The van der Waals surface area contributed by atoms with Crippen LogP contribution in [0.25, 0.3) is 0 Å². The van der Waals surface area contributed by atoms with Crippen LogP contribution in [0, 0.1) is 28.5 Å². The van der Waals surface area contributed by atoms with Gasteiger partial charge in [0.1, 0.15) is 5.82 Å². The number of hydrazine groups is 1. The highest BCUT2D eigenvalue weighted by atomic mass is 19.1. The average molecular weight is 313 g/mol. The summed E-state index contributed by atoms with van der Waals surface area (Å²) in [6.07, 6.45) is 4.22. The van der Waals surface area contributed by atoms with E-state index in [1.807, 2.05) is 11.1 Å². The lowest BCUT2D eigenvalue weighted by Gasteiger charge is -2.27. The summed E-state index contributed by atoms with van der Waals surface area (Å²) >= 11 is 0. The van der Waals surface area contributed by atoms with Crippen LogP contribution in [0.5, 0.6) is 0 Å². The Bertz CT molecular complexity index is 709. The van der Waals surface area contributed by atoms with E-state index >= 15 is 0 Å². The summed E-state index contributed by atoms with van der Waals surface area (Å²) in [4.78, 5) is 13.0. The summed E-state index contributed by atoms with van der Waals surface area (Å²) in [5, 5.41) is 13.0. The van der Waals surface area contributed by atoms with E-state index in [0.717, 1.165) is 31.5 Å². The second kappa shape index (κ2) is 5.04. The molecular formula is C18H20FN3O. The van der Waals surface area contributed by atoms with Crippen molar-refractivity contribution >= 4 is 5.91 Å². The molecule has 3 fully saturated rings. The maximum absolute atomic E-state index is 13.8. The van der Waals surface area contributed by atoms with Crippen LogP contribution in [0.2, 0.25) is 0 Å². The fraction of sp³-hybridized carbons (Fsp3) is 0.556. The Morgan fingerprint density at radius 3 is 2.83 bits per heavy atom. The van der Waals surface area contributed by atoms with Crippen LogP contribution < -0.4 is 0 Å². The van der Waals surface area contributed by atoms with Gasteiger partial charge in [0.25, 0.3) is 0 Å². The van der Waals surface area contributed by atoms with Gasteiger partial charge >= 0.3 is 0 Å². The SMILES string of the molecule is CC1(CC2CC2)CN2CCC(c3cc(F)cc(C#N)c3)N2C1=O. The first-order chi connectivity index (χ1) is 11.0. The number of hydrogen-bond acceptors (Lipinski definition) is 3. The summed E-state index contributed by atoms with van der Waals surface area (Å²) in [7, 11) is 0. The van der Waals surface area contributed by atoms with E-state index in [1.54, 1.807) is 6.07 Å². The molecule has 0 N–H and O–H groups in total. The van der Waals surface area contributed by atoms with Gasteiger partial charge < -0.3 is 0 Å². The van der Waals surface area contributed by atoms with Crippen molar-refractivity contribution in [3.05, 3.63) is 35.1 Å². The monoisotopic (exact) mass is 313 g/mol. The molecule has 1 aromatic rings. The van der Waals surface area contributed by atoms with Crippen LogP contribution in [-0.4, -0.2) is 29.0 Å². The second-order valence-electron chi connectivity index (χ2n) is 7.44. The minimum atomic E-state index is -0.412. The molecule has 4 rings (SSSR count). The zero-order valence-corrected chi connectivity index (χ0v) is 13.3. The third-order valence-electron chi connectivity index (χ3n) is 5.39. The molecular weight excluding hydrogens is 293 g/mol. The number of benzene rings is 1. The van der Waals surface area contributed by atoms with Gasteiger partial charge in [0.15, 0.2) is 0 Å². The van der Waals surface area contributed by atoms with Crippen molar-refractivity contribution in [2.45, 2.75) is 38.6 Å². The molecule has 5 heteroatoms. The molecule has 0 bridgehead atoms. The summed E-state index contributed by atoms with van der Waals surface area (Å²) in [6.45, 7) is 3.64. The third-order valence-corrected chi connectivity index (χ3v) is 5.39. The van der Waals surface area contributed by atoms with E-state index in [0.29, 0.717) is 11.5 Å². The van der Waals surface area contributed by atoms with Gasteiger partial charge in [-0.05, 0) is 49.4 Å². The summed E-state index contributed by atoms with van der Waals surface area (Å²) in [5.74, 6) is 0.447. The van der Waals surface area contributed by atoms with E-state index in [2.05, 4.69) is 11.9 Å². The molecule has 2 unspecified atom stereocenters. The first-order valence-corrected chi connectivity index (χ1v) is 8.29. The summed E-state index contributed by atoms with van der Waals surface area (Å²) < 4.78 is 13.8. The molecule has 120 valence electrons. The van der Waals surface area contributed by atoms with Gasteiger partial charge in [0, 0.05) is 13.1 Å². The predicted molar refractivity (Wildman–Crippen MR) is 82.3 cm³/mol. The van der Waals surface area contributed by atoms with E-state index in [9.17, 15) is 9.18 Å². The topological polar surface area (TPSA) is 47.3 Å². The van der Waals surface area contributed by atoms with Crippen molar-refractivity contribution in [2.75, 3.05) is 13.1 Å². The molecule has 0 spiro atoms. The fourth-order valence-corrected chi connectivity index (χ4v) is 4.16. The van der Waals surface area contributed by atoms with Crippen molar-refractivity contribution < 1.29 is 9.18 Å². The van der Waals surface area contributed by atoms with Crippen molar-refractivity contribution in [2.24, 2.45) is 11.3 Å². The van der Waals surface area contributed by atoms with Crippen molar-refractivity contribution in [3.63, 3.8) is 0 Å². The number of nitrogens with zero attached hydrogens (tertiary/aromatic N) is 3. The first-order valence-electron chi connectivity index (χ1n) is 8.29. The van der Waals surface area contributed by atoms with Gasteiger partial charge in [-0.2, -0.15) is 5.26 Å². The second-order valence-corrected chi connectivity index (χ2v) is 7.44. The Labute approximate surface area is 135 Å². The third kappa shape index (κ3) is 2.42. The molecule has 4 nitrogen and oxygen atoms in total. The highest BCUT2D eigenvalue weighted by Gasteiger charge is 2.54.